The fraction of sp³-hybridized carbons (Fsp3) is 0.222. The number of fused-ring (bicyclic) bond motifs is 1. The van der Waals surface area contributed by atoms with Crippen molar-refractivity contribution in [1.82, 2.24) is 23.9 Å². The SMILES string of the molecule is CC(C)Cn1c(=O)n(C(C)c2ccccc2)c(=O)c2[nH]c(-c3cnn(-c4ccccc4)c3)cc21. The molecule has 0 radical (unpaired) electrons. The minimum absolute atomic E-state index is 0.234. The van der Waals surface area contributed by atoms with Crippen LogP contribution in [0.5, 0.6) is 0 Å². The Morgan fingerprint density at radius 2 is 1.62 bits per heavy atom. The van der Waals surface area contributed by atoms with Crippen molar-refractivity contribution in [2.45, 2.75) is 33.4 Å². The number of aromatic nitrogens is 5. The largest absolute Gasteiger partial charge is 0.349 e. The van der Waals surface area contributed by atoms with Crippen LogP contribution in [0.4, 0.5) is 0 Å². The fourth-order valence-corrected chi connectivity index (χ4v) is 4.36. The van der Waals surface area contributed by atoms with E-state index in [0.717, 1.165) is 22.5 Å². The predicted molar refractivity (Wildman–Crippen MR) is 134 cm³/mol. The molecule has 5 rings (SSSR count). The van der Waals surface area contributed by atoms with Gasteiger partial charge in [0.1, 0.15) is 5.52 Å². The van der Waals surface area contributed by atoms with Crippen LogP contribution in [0.1, 0.15) is 32.4 Å². The lowest BCUT2D eigenvalue weighted by Gasteiger charge is -2.18. The van der Waals surface area contributed by atoms with Gasteiger partial charge in [-0.2, -0.15) is 5.10 Å². The monoisotopic (exact) mass is 453 g/mol. The molecular weight excluding hydrogens is 426 g/mol. The summed E-state index contributed by atoms with van der Waals surface area (Å²) in [6.45, 7) is 6.52. The van der Waals surface area contributed by atoms with Crippen LogP contribution in [0.2, 0.25) is 0 Å². The van der Waals surface area contributed by atoms with Crippen LogP contribution in [0.25, 0.3) is 28.0 Å². The van der Waals surface area contributed by atoms with E-state index < -0.39 is 6.04 Å². The first kappa shape index (κ1) is 21.7. The first-order valence-corrected chi connectivity index (χ1v) is 11.5. The van der Waals surface area contributed by atoms with Crippen molar-refractivity contribution >= 4 is 11.0 Å². The van der Waals surface area contributed by atoms with Crippen molar-refractivity contribution in [3.05, 3.63) is 106 Å². The maximum Gasteiger partial charge on any atom is 0.332 e. The van der Waals surface area contributed by atoms with Gasteiger partial charge in [0, 0.05) is 18.3 Å². The van der Waals surface area contributed by atoms with Gasteiger partial charge in [-0.1, -0.05) is 62.4 Å². The second-order valence-electron chi connectivity index (χ2n) is 9.00. The maximum atomic E-state index is 13.6. The first-order valence-electron chi connectivity index (χ1n) is 11.5. The van der Waals surface area contributed by atoms with Crippen LogP contribution < -0.4 is 11.2 Å². The molecule has 5 aromatic rings. The summed E-state index contributed by atoms with van der Waals surface area (Å²) in [5.41, 5.74) is 3.86. The number of para-hydroxylation sites is 1. The summed E-state index contributed by atoms with van der Waals surface area (Å²) in [6.07, 6.45) is 3.67. The van der Waals surface area contributed by atoms with E-state index in [1.165, 1.54) is 4.57 Å². The zero-order chi connectivity index (χ0) is 23.8. The molecule has 0 fully saturated rings. The molecule has 0 saturated heterocycles. The van der Waals surface area contributed by atoms with Crippen molar-refractivity contribution in [3.8, 4) is 16.9 Å². The summed E-state index contributed by atoms with van der Waals surface area (Å²) in [4.78, 5) is 30.4. The number of H-pyrrole nitrogens is 1. The molecule has 0 aliphatic rings. The molecule has 1 atom stereocenters. The molecule has 172 valence electrons. The molecule has 3 heterocycles. The van der Waals surface area contributed by atoms with Crippen molar-refractivity contribution < 1.29 is 0 Å². The second-order valence-corrected chi connectivity index (χ2v) is 9.00. The average Bonchev–Trinajstić information content (AvgIpc) is 3.51. The number of nitrogens with zero attached hydrogens (tertiary/aromatic N) is 4. The summed E-state index contributed by atoms with van der Waals surface area (Å²) in [6, 6.07) is 20.9. The summed E-state index contributed by atoms with van der Waals surface area (Å²) in [7, 11) is 0. The zero-order valence-electron chi connectivity index (χ0n) is 19.5. The number of hydrogen-bond donors (Lipinski definition) is 1. The van der Waals surface area contributed by atoms with Crippen LogP contribution >= 0.6 is 0 Å². The minimum atomic E-state index is -0.392. The van der Waals surface area contributed by atoms with Crippen LogP contribution in [0, 0.1) is 5.92 Å². The minimum Gasteiger partial charge on any atom is -0.349 e. The van der Waals surface area contributed by atoms with Crippen molar-refractivity contribution in [1.29, 1.82) is 0 Å². The second kappa shape index (κ2) is 8.67. The molecule has 3 aromatic heterocycles. The van der Waals surface area contributed by atoms with Crippen LogP contribution in [-0.2, 0) is 6.54 Å². The summed E-state index contributed by atoms with van der Waals surface area (Å²) < 4.78 is 4.86. The topological polar surface area (TPSA) is 77.6 Å². The molecule has 2 aromatic carbocycles. The van der Waals surface area contributed by atoms with Gasteiger partial charge in [-0.15, -0.1) is 0 Å². The van der Waals surface area contributed by atoms with Gasteiger partial charge in [0.05, 0.1) is 29.1 Å². The Kier molecular flexibility index (Phi) is 5.53. The Morgan fingerprint density at radius 3 is 2.29 bits per heavy atom. The Hall–Kier alpha value is -4.13. The summed E-state index contributed by atoms with van der Waals surface area (Å²) in [5, 5.41) is 4.47. The molecule has 0 aliphatic heterocycles. The van der Waals surface area contributed by atoms with E-state index in [4.69, 9.17) is 0 Å². The Balaban J connectivity index is 1.68. The van der Waals surface area contributed by atoms with Crippen LogP contribution in [0.3, 0.4) is 0 Å². The molecule has 0 spiro atoms. The lowest BCUT2D eigenvalue weighted by Crippen LogP contribution is -2.42. The van der Waals surface area contributed by atoms with Gasteiger partial charge < -0.3 is 4.98 Å². The van der Waals surface area contributed by atoms with E-state index in [0.29, 0.717) is 17.6 Å². The fourth-order valence-electron chi connectivity index (χ4n) is 4.36. The van der Waals surface area contributed by atoms with Gasteiger partial charge in [0.25, 0.3) is 5.56 Å². The van der Waals surface area contributed by atoms with E-state index in [-0.39, 0.29) is 17.2 Å². The zero-order valence-corrected chi connectivity index (χ0v) is 19.5. The highest BCUT2D eigenvalue weighted by molar-refractivity contribution is 5.82. The quantitative estimate of drug-likeness (QED) is 0.408. The highest BCUT2D eigenvalue weighted by Crippen LogP contribution is 2.24. The average molecular weight is 454 g/mol. The number of hydrogen-bond acceptors (Lipinski definition) is 3. The van der Waals surface area contributed by atoms with E-state index in [1.807, 2.05) is 79.9 Å². The van der Waals surface area contributed by atoms with Crippen molar-refractivity contribution in [3.63, 3.8) is 0 Å². The summed E-state index contributed by atoms with van der Waals surface area (Å²) in [5.74, 6) is 0.234. The maximum absolute atomic E-state index is 13.6. The smallest absolute Gasteiger partial charge is 0.332 e. The Morgan fingerprint density at radius 1 is 0.941 bits per heavy atom. The summed E-state index contributed by atoms with van der Waals surface area (Å²) >= 11 is 0. The number of nitrogens with one attached hydrogen (secondary N) is 1. The first-order chi connectivity index (χ1) is 16.4. The molecule has 0 aliphatic carbocycles. The standard InChI is InChI=1S/C27H27N5O2/c1-18(2)16-30-24-14-23(21-15-28-31(17-21)22-12-8-5-9-13-22)29-25(24)26(33)32(27(30)34)19(3)20-10-6-4-7-11-20/h4-15,17-19,29H,16H2,1-3H3. The van der Waals surface area contributed by atoms with E-state index >= 15 is 0 Å². The third kappa shape index (κ3) is 3.79. The van der Waals surface area contributed by atoms with Crippen LogP contribution in [0.15, 0.2) is 88.7 Å². The molecule has 0 amide bonds. The number of benzene rings is 2. The molecular formula is C27H27N5O2. The highest BCUT2D eigenvalue weighted by atomic mass is 16.2. The van der Waals surface area contributed by atoms with Gasteiger partial charge in [-0.3, -0.25) is 13.9 Å². The Bertz CT molecular complexity index is 1560. The highest BCUT2D eigenvalue weighted by Gasteiger charge is 2.21. The number of rotatable bonds is 6. The van der Waals surface area contributed by atoms with Gasteiger partial charge in [-0.25, -0.2) is 9.48 Å². The third-order valence-corrected chi connectivity index (χ3v) is 6.09. The third-order valence-electron chi connectivity index (χ3n) is 6.09. The van der Waals surface area contributed by atoms with Crippen LogP contribution in [-0.4, -0.2) is 23.9 Å². The Labute approximate surface area is 196 Å². The van der Waals surface area contributed by atoms with Gasteiger partial charge in [-0.05, 0) is 36.6 Å². The van der Waals surface area contributed by atoms with E-state index in [9.17, 15) is 9.59 Å². The molecule has 0 saturated carbocycles. The molecule has 0 bridgehead atoms. The normalized spacial score (nSPS) is 12.5. The lowest BCUT2D eigenvalue weighted by molar-refractivity contribution is 0.478. The number of aromatic amines is 1. The molecule has 34 heavy (non-hydrogen) atoms. The van der Waals surface area contributed by atoms with E-state index in [2.05, 4.69) is 23.9 Å². The van der Waals surface area contributed by atoms with Gasteiger partial charge in [0.15, 0.2) is 0 Å². The van der Waals surface area contributed by atoms with Crippen molar-refractivity contribution in [2.75, 3.05) is 0 Å². The van der Waals surface area contributed by atoms with Crippen molar-refractivity contribution in [2.24, 2.45) is 5.92 Å². The molecule has 7 heteroatoms. The van der Waals surface area contributed by atoms with Gasteiger partial charge in [0.2, 0.25) is 0 Å². The molecule has 7 nitrogen and oxygen atoms in total. The predicted octanol–water partition coefficient (Wildman–Crippen LogP) is 4.61. The van der Waals surface area contributed by atoms with E-state index in [1.54, 1.807) is 15.4 Å². The molecule has 1 N–H and O–H groups in total. The lowest BCUT2D eigenvalue weighted by atomic mass is 10.1. The van der Waals surface area contributed by atoms with Gasteiger partial charge >= 0.3 is 5.69 Å². The molecule has 1 unspecified atom stereocenters.